The number of benzene rings is 2. The van der Waals surface area contributed by atoms with E-state index in [1.807, 2.05) is 12.1 Å². The lowest BCUT2D eigenvalue weighted by Crippen LogP contribution is -2.29. The highest BCUT2D eigenvalue weighted by Gasteiger charge is 2.31. The first-order valence-corrected chi connectivity index (χ1v) is 10.1. The smallest absolute Gasteiger partial charge is 0.303 e. The van der Waals surface area contributed by atoms with Gasteiger partial charge in [-0.2, -0.15) is 0 Å². The van der Waals surface area contributed by atoms with Gasteiger partial charge in [0.05, 0.1) is 4.91 Å². The molecule has 1 N–H and O–H groups in total. The van der Waals surface area contributed by atoms with E-state index in [9.17, 15) is 14.0 Å². The molecule has 1 amide bonds. The second kappa shape index (κ2) is 9.67. The van der Waals surface area contributed by atoms with Crippen LogP contribution in [-0.2, 0) is 16.2 Å². The molecule has 150 valence electrons. The number of hydrogen-bond acceptors (Lipinski definition) is 5. The first kappa shape index (κ1) is 21.0. The van der Waals surface area contributed by atoms with Crippen molar-refractivity contribution < 1.29 is 23.8 Å². The van der Waals surface area contributed by atoms with Crippen LogP contribution in [0.4, 0.5) is 4.39 Å². The van der Waals surface area contributed by atoms with E-state index in [1.54, 1.807) is 30.3 Å². The Kier molecular flexibility index (Phi) is 7.00. The van der Waals surface area contributed by atoms with Crippen molar-refractivity contribution in [2.24, 2.45) is 0 Å². The summed E-state index contributed by atoms with van der Waals surface area (Å²) in [6.45, 7) is 0.624. The van der Waals surface area contributed by atoms with Crippen LogP contribution in [-0.4, -0.2) is 32.7 Å². The normalized spacial score (nSPS) is 15.2. The molecule has 0 spiro atoms. The first-order chi connectivity index (χ1) is 13.9. The topological polar surface area (TPSA) is 66.8 Å². The molecule has 1 fully saturated rings. The molecule has 3 rings (SSSR count). The summed E-state index contributed by atoms with van der Waals surface area (Å²) in [5, 5.41) is 8.72. The molecular weight excluding hydrogens is 413 g/mol. The quantitative estimate of drug-likeness (QED) is 0.491. The number of carbonyl (C=O) groups is 2. The molecule has 8 heteroatoms. The van der Waals surface area contributed by atoms with E-state index in [0.29, 0.717) is 34.5 Å². The van der Waals surface area contributed by atoms with E-state index in [0.717, 1.165) is 11.1 Å². The van der Waals surface area contributed by atoms with Crippen LogP contribution in [0.5, 0.6) is 5.75 Å². The zero-order valence-electron chi connectivity index (χ0n) is 15.3. The van der Waals surface area contributed by atoms with Gasteiger partial charge >= 0.3 is 5.97 Å². The van der Waals surface area contributed by atoms with E-state index in [4.69, 9.17) is 22.1 Å². The highest BCUT2D eigenvalue weighted by Crippen LogP contribution is 2.33. The number of nitrogens with zero attached hydrogens (tertiary/aromatic N) is 1. The molecule has 29 heavy (non-hydrogen) atoms. The lowest BCUT2D eigenvalue weighted by atomic mass is 10.2. The van der Waals surface area contributed by atoms with Gasteiger partial charge < -0.3 is 9.84 Å². The molecule has 1 aliphatic rings. The third-order valence-electron chi connectivity index (χ3n) is 4.14. The van der Waals surface area contributed by atoms with Gasteiger partial charge in [-0.25, -0.2) is 4.39 Å². The molecule has 0 atom stereocenters. The number of amides is 1. The van der Waals surface area contributed by atoms with Gasteiger partial charge in [-0.1, -0.05) is 48.2 Å². The number of ether oxygens (including phenoxy) is 1. The van der Waals surface area contributed by atoms with E-state index in [1.165, 1.54) is 28.8 Å². The Balaban J connectivity index is 1.58. The number of carboxylic acids is 1. The molecule has 2 aromatic rings. The van der Waals surface area contributed by atoms with Crippen LogP contribution in [0.1, 0.15) is 24.0 Å². The number of rotatable bonds is 8. The second-order valence-corrected chi connectivity index (χ2v) is 7.99. The van der Waals surface area contributed by atoms with Crippen LogP contribution in [0.15, 0.2) is 53.4 Å². The SMILES string of the molecule is O=C(O)CCCN1C(=O)C(=Cc2ccc(OCc3ccc(F)cc3)cc2)SC1=S. The maximum absolute atomic E-state index is 12.9. The Morgan fingerprint density at radius 2 is 1.86 bits per heavy atom. The molecule has 0 bridgehead atoms. The van der Waals surface area contributed by atoms with E-state index >= 15 is 0 Å². The van der Waals surface area contributed by atoms with Crippen LogP contribution >= 0.6 is 24.0 Å². The highest BCUT2D eigenvalue weighted by molar-refractivity contribution is 8.26. The number of hydrogen-bond donors (Lipinski definition) is 1. The minimum atomic E-state index is -0.896. The van der Waals surface area contributed by atoms with Gasteiger partial charge in [0.1, 0.15) is 22.5 Å². The summed E-state index contributed by atoms with van der Waals surface area (Å²) >= 11 is 6.44. The minimum absolute atomic E-state index is 0.00447. The Bertz CT molecular complexity index is 942. The number of aliphatic carboxylic acids is 1. The Morgan fingerprint density at radius 3 is 2.52 bits per heavy atom. The van der Waals surface area contributed by atoms with Gasteiger partial charge in [0.2, 0.25) is 0 Å². The summed E-state index contributed by atoms with van der Waals surface area (Å²) in [6.07, 6.45) is 2.10. The number of thiocarbonyl (C=S) groups is 1. The van der Waals surface area contributed by atoms with Crippen LogP contribution in [0.2, 0.25) is 0 Å². The summed E-state index contributed by atoms with van der Waals surface area (Å²) in [6, 6.07) is 13.4. The van der Waals surface area contributed by atoms with Gasteiger partial charge in [-0.15, -0.1) is 0 Å². The molecule has 0 saturated carbocycles. The van der Waals surface area contributed by atoms with Crippen molar-refractivity contribution in [2.45, 2.75) is 19.4 Å². The van der Waals surface area contributed by atoms with Gasteiger partial charge in [-0.3, -0.25) is 14.5 Å². The van der Waals surface area contributed by atoms with E-state index < -0.39 is 5.97 Å². The van der Waals surface area contributed by atoms with Crippen molar-refractivity contribution in [3.63, 3.8) is 0 Å². The Labute approximate surface area is 177 Å². The fourth-order valence-corrected chi connectivity index (χ4v) is 3.95. The lowest BCUT2D eigenvalue weighted by Gasteiger charge is -2.13. The third kappa shape index (κ3) is 5.88. The molecule has 1 heterocycles. The minimum Gasteiger partial charge on any atom is -0.489 e. The molecule has 5 nitrogen and oxygen atoms in total. The number of carboxylic acid groups (broad SMARTS) is 1. The van der Waals surface area contributed by atoms with Crippen molar-refractivity contribution in [3.05, 3.63) is 70.4 Å². The predicted molar refractivity (Wildman–Crippen MR) is 114 cm³/mol. The third-order valence-corrected chi connectivity index (χ3v) is 5.52. The molecule has 0 radical (unpaired) electrons. The number of halogens is 1. The number of carbonyl (C=O) groups excluding carboxylic acids is 1. The monoisotopic (exact) mass is 431 g/mol. The zero-order chi connectivity index (χ0) is 20.8. The lowest BCUT2D eigenvalue weighted by molar-refractivity contribution is -0.137. The molecule has 2 aromatic carbocycles. The van der Waals surface area contributed by atoms with Crippen molar-refractivity contribution in [2.75, 3.05) is 6.54 Å². The van der Waals surface area contributed by atoms with Crippen LogP contribution < -0.4 is 4.74 Å². The molecule has 0 unspecified atom stereocenters. The molecule has 1 saturated heterocycles. The molecule has 1 aliphatic heterocycles. The molecule has 0 aromatic heterocycles. The van der Waals surface area contributed by atoms with E-state index in [-0.39, 0.29) is 18.1 Å². The van der Waals surface area contributed by atoms with Gasteiger partial charge in [0.25, 0.3) is 5.91 Å². The van der Waals surface area contributed by atoms with Gasteiger partial charge in [0.15, 0.2) is 0 Å². The van der Waals surface area contributed by atoms with Crippen molar-refractivity contribution in [3.8, 4) is 5.75 Å². The van der Waals surface area contributed by atoms with Crippen LogP contribution in [0.25, 0.3) is 6.08 Å². The predicted octanol–water partition coefficient (Wildman–Crippen LogP) is 4.47. The summed E-state index contributed by atoms with van der Waals surface area (Å²) in [5.74, 6) is -0.729. The van der Waals surface area contributed by atoms with Gasteiger partial charge in [0, 0.05) is 13.0 Å². The number of thioether (sulfide) groups is 1. The largest absolute Gasteiger partial charge is 0.489 e. The molecule has 0 aliphatic carbocycles. The van der Waals surface area contributed by atoms with Crippen molar-refractivity contribution >= 4 is 46.3 Å². The Morgan fingerprint density at radius 1 is 1.17 bits per heavy atom. The van der Waals surface area contributed by atoms with Crippen molar-refractivity contribution in [1.29, 1.82) is 0 Å². The first-order valence-electron chi connectivity index (χ1n) is 8.87. The standard InChI is InChI=1S/C21H18FNO4S2/c22-16-7-3-15(4-8-16)13-27-17-9-5-14(6-10-17)12-18-20(26)23(21(28)29-18)11-1-2-19(24)25/h3-10,12H,1-2,11,13H2,(H,24,25). The summed E-state index contributed by atoms with van der Waals surface area (Å²) in [7, 11) is 0. The Hall–Kier alpha value is -2.71. The van der Waals surface area contributed by atoms with Crippen LogP contribution in [0.3, 0.4) is 0 Å². The fraction of sp³-hybridized carbons (Fsp3) is 0.190. The van der Waals surface area contributed by atoms with Gasteiger partial charge in [-0.05, 0) is 47.9 Å². The zero-order valence-corrected chi connectivity index (χ0v) is 17.0. The summed E-state index contributed by atoms with van der Waals surface area (Å²) in [5.41, 5.74) is 1.69. The van der Waals surface area contributed by atoms with Crippen molar-refractivity contribution in [1.82, 2.24) is 4.90 Å². The maximum Gasteiger partial charge on any atom is 0.303 e. The maximum atomic E-state index is 12.9. The average Bonchev–Trinajstić information content (AvgIpc) is 2.96. The fourth-order valence-electron chi connectivity index (χ4n) is 2.64. The van der Waals surface area contributed by atoms with E-state index in [2.05, 4.69) is 0 Å². The second-order valence-electron chi connectivity index (χ2n) is 6.31. The highest BCUT2D eigenvalue weighted by atomic mass is 32.2. The summed E-state index contributed by atoms with van der Waals surface area (Å²) in [4.78, 5) is 25.1. The van der Waals surface area contributed by atoms with Crippen LogP contribution in [0, 0.1) is 5.82 Å². The average molecular weight is 432 g/mol. The molecular formula is C21H18FNO4S2. The summed E-state index contributed by atoms with van der Waals surface area (Å²) < 4.78 is 19.0.